The van der Waals surface area contributed by atoms with E-state index in [0.717, 1.165) is 11.8 Å². The minimum Gasteiger partial charge on any atom is -0.383 e. The van der Waals surface area contributed by atoms with Crippen molar-refractivity contribution in [2.75, 3.05) is 17.3 Å². The summed E-state index contributed by atoms with van der Waals surface area (Å²) in [6.45, 7) is 1.86. The summed E-state index contributed by atoms with van der Waals surface area (Å²) in [5.41, 5.74) is 8.59. The maximum Gasteiger partial charge on any atom is 0.240 e. The van der Waals surface area contributed by atoms with Gasteiger partial charge in [0.1, 0.15) is 28.6 Å². The molecule has 3 aromatic carbocycles. The smallest absolute Gasteiger partial charge is 0.240 e. The van der Waals surface area contributed by atoms with Crippen molar-refractivity contribution in [1.82, 2.24) is 24.5 Å². The minimum atomic E-state index is -3.63. The standard InChI is InChI=1S/C31H27ClFN7O4S/c1-31(19-10-7-17(8-11-19)9-14-24(41)39-45(2,43)44)25-27(34)35-29(36-28(25)37-30(31)42)26-21-13-12-20(32)15-23(21)40(38-26)16-18-5-3-4-6-22(18)33/h3-8,10-13,15H,9,14,16H2,1-2H3,(H,39,41)(H3,34,35,36,37,42)/t31-/m0/s1. The number of aromatic nitrogens is 4. The zero-order chi connectivity index (χ0) is 32.1. The average molecular weight is 648 g/mol. The molecule has 3 heterocycles. The Morgan fingerprint density at radius 1 is 1.11 bits per heavy atom. The van der Waals surface area contributed by atoms with Gasteiger partial charge in [-0.25, -0.2) is 22.8 Å². The van der Waals surface area contributed by atoms with E-state index >= 15 is 0 Å². The van der Waals surface area contributed by atoms with E-state index < -0.39 is 21.3 Å². The van der Waals surface area contributed by atoms with Crippen LogP contribution in [0.15, 0.2) is 66.7 Å². The van der Waals surface area contributed by atoms with Gasteiger partial charge in [0.2, 0.25) is 21.8 Å². The number of sulfonamides is 1. The van der Waals surface area contributed by atoms with Crippen molar-refractivity contribution in [1.29, 1.82) is 0 Å². The normalized spacial score (nSPS) is 16.0. The van der Waals surface area contributed by atoms with Crippen LogP contribution in [0.1, 0.15) is 35.6 Å². The number of anilines is 2. The van der Waals surface area contributed by atoms with E-state index in [-0.39, 0.29) is 42.2 Å². The number of fused-ring (bicyclic) bond motifs is 2. The first kappa shape index (κ1) is 30.2. The van der Waals surface area contributed by atoms with Gasteiger partial charge >= 0.3 is 0 Å². The molecule has 0 saturated carbocycles. The number of nitrogens with zero attached hydrogens (tertiary/aromatic N) is 4. The summed E-state index contributed by atoms with van der Waals surface area (Å²) >= 11 is 6.30. The number of nitrogens with two attached hydrogens (primary N) is 1. The monoisotopic (exact) mass is 647 g/mol. The molecular formula is C31H27ClFN7O4S. The van der Waals surface area contributed by atoms with Gasteiger partial charge in [-0.1, -0.05) is 54.1 Å². The van der Waals surface area contributed by atoms with Crippen LogP contribution in [0.5, 0.6) is 0 Å². The third-order valence-electron chi connectivity index (χ3n) is 7.80. The van der Waals surface area contributed by atoms with Crippen molar-refractivity contribution in [3.8, 4) is 11.5 Å². The lowest BCUT2D eigenvalue weighted by atomic mass is 9.77. The fourth-order valence-electron chi connectivity index (χ4n) is 5.53. The number of benzene rings is 3. The Bertz CT molecular complexity index is 2120. The van der Waals surface area contributed by atoms with Crippen LogP contribution in [-0.2, 0) is 38.0 Å². The zero-order valence-electron chi connectivity index (χ0n) is 24.1. The van der Waals surface area contributed by atoms with Crippen molar-refractivity contribution >= 4 is 56.0 Å². The number of nitrogen functional groups attached to an aromatic ring is 1. The summed E-state index contributed by atoms with van der Waals surface area (Å²) in [6.07, 6.45) is 1.20. The van der Waals surface area contributed by atoms with Gasteiger partial charge in [-0.2, -0.15) is 5.10 Å². The van der Waals surface area contributed by atoms with Gasteiger partial charge in [-0.15, -0.1) is 0 Å². The Morgan fingerprint density at radius 2 is 1.84 bits per heavy atom. The molecule has 6 rings (SSSR count). The number of amides is 2. The summed E-state index contributed by atoms with van der Waals surface area (Å²) in [5, 5.41) is 8.70. The van der Waals surface area contributed by atoms with Crippen molar-refractivity contribution in [3.05, 3.63) is 99.8 Å². The summed E-state index contributed by atoms with van der Waals surface area (Å²) in [7, 11) is -3.63. The Balaban J connectivity index is 1.33. The molecule has 11 nitrogen and oxygen atoms in total. The lowest BCUT2D eigenvalue weighted by Gasteiger charge is -2.23. The molecule has 1 aliphatic rings. The molecule has 0 radical (unpaired) electrons. The highest BCUT2D eigenvalue weighted by atomic mass is 35.5. The van der Waals surface area contributed by atoms with Crippen molar-refractivity contribution in [2.24, 2.45) is 0 Å². The molecule has 0 aliphatic carbocycles. The molecule has 230 valence electrons. The van der Waals surface area contributed by atoms with E-state index in [0.29, 0.717) is 44.7 Å². The van der Waals surface area contributed by atoms with Gasteiger partial charge in [0.05, 0.1) is 23.9 Å². The third kappa shape index (κ3) is 5.71. The van der Waals surface area contributed by atoms with Crippen molar-refractivity contribution < 1.29 is 22.4 Å². The fraction of sp³-hybridized carbons (Fsp3) is 0.194. The van der Waals surface area contributed by atoms with Crippen LogP contribution in [0.2, 0.25) is 5.02 Å². The van der Waals surface area contributed by atoms with E-state index in [9.17, 15) is 22.4 Å². The molecule has 45 heavy (non-hydrogen) atoms. The number of carbonyl (C=O) groups is 2. The second-order valence-corrected chi connectivity index (χ2v) is 13.2. The number of halogens is 2. The Morgan fingerprint density at radius 3 is 2.56 bits per heavy atom. The van der Waals surface area contributed by atoms with Gasteiger partial charge in [-0.3, -0.25) is 19.0 Å². The van der Waals surface area contributed by atoms with Crippen LogP contribution >= 0.6 is 11.6 Å². The highest BCUT2D eigenvalue weighted by Crippen LogP contribution is 2.45. The molecule has 1 atom stereocenters. The molecule has 0 saturated heterocycles. The molecular weight excluding hydrogens is 621 g/mol. The highest BCUT2D eigenvalue weighted by Gasteiger charge is 2.47. The molecule has 5 aromatic rings. The fourth-order valence-corrected chi connectivity index (χ4v) is 6.21. The van der Waals surface area contributed by atoms with Crippen LogP contribution in [0, 0.1) is 5.82 Å². The van der Waals surface area contributed by atoms with Crippen LogP contribution in [0.4, 0.5) is 16.0 Å². The van der Waals surface area contributed by atoms with E-state index in [4.69, 9.17) is 22.4 Å². The highest BCUT2D eigenvalue weighted by molar-refractivity contribution is 7.89. The summed E-state index contributed by atoms with van der Waals surface area (Å²) in [6, 6.07) is 18.7. The molecule has 4 N–H and O–H groups in total. The number of hydrogen-bond donors (Lipinski definition) is 3. The topological polar surface area (TPSA) is 162 Å². The van der Waals surface area contributed by atoms with Crippen LogP contribution in [0.3, 0.4) is 0 Å². The molecule has 2 amide bonds. The molecule has 2 aromatic heterocycles. The molecule has 14 heteroatoms. The molecule has 0 spiro atoms. The predicted octanol–water partition coefficient (Wildman–Crippen LogP) is 4.18. The number of rotatable bonds is 8. The Kier molecular flexibility index (Phi) is 7.53. The van der Waals surface area contributed by atoms with Crippen molar-refractivity contribution in [3.63, 3.8) is 0 Å². The second-order valence-electron chi connectivity index (χ2n) is 11.0. The number of aryl methyl sites for hydroxylation is 1. The van der Waals surface area contributed by atoms with Gasteiger partial charge < -0.3 is 11.1 Å². The van der Waals surface area contributed by atoms with Crippen LogP contribution < -0.4 is 15.8 Å². The van der Waals surface area contributed by atoms with Crippen LogP contribution in [-0.4, -0.2) is 46.2 Å². The minimum absolute atomic E-state index is 0.0203. The van der Waals surface area contributed by atoms with Gasteiger partial charge in [0, 0.05) is 22.4 Å². The first-order chi connectivity index (χ1) is 21.3. The zero-order valence-corrected chi connectivity index (χ0v) is 25.7. The maximum absolute atomic E-state index is 14.5. The third-order valence-corrected chi connectivity index (χ3v) is 8.63. The molecule has 0 fully saturated rings. The molecule has 0 bridgehead atoms. The summed E-state index contributed by atoms with van der Waals surface area (Å²) in [5.74, 6) is -0.808. The SMILES string of the molecule is C[C@@]1(c2ccc(CCC(=O)NS(C)(=O)=O)cc2)C(=O)Nc2nc(-c3nn(Cc4ccccc4F)c4cc(Cl)ccc34)nc(N)c21. The Hall–Kier alpha value is -4.88. The summed E-state index contributed by atoms with van der Waals surface area (Å²) < 4.78 is 40.6. The van der Waals surface area contributed by atoms with E-state index in [1.807, 2.05) is 4.72 Å². The first-order valence-corrected chi connectivity index (χ1v) is 16.1. The average Bonchev–Trinajstić information content (AvgIpc) is 3.46. The van der Waals surface area contributed by atoms with E-state index in [1.54, 1.807) is 72.3 Å². The Labute approximate surface area is 262 Å². The van der Waals surface area contributed by atoms with E-state index in [2.05, 4.69) is 15.3 Å². The summed E-state index contributed by atoms with van der Waals surface area (Å²) in [4.78, 5) is 34.6. The van der Waals surface area contributed by atoms with Gasteiger partial charge in [0.15, 0.2) is 5.82 Å². The number of carbonyl (C=O) groups excluding carboxylic acids is 2. The lowest BCUT2D eigenvalue weighted by molar-refractivity contribution is -0.120. The van der Waals surface area contributed by atoms with Gasteiger partial charge in [0.25, 0.3) is 0 Å². The quantitative estimate of drug-likeness (QED) is 0.226. The number of nitrogens with one attached hydrogen (secondary N) is 2. The van der Waals surface area contributed by atoms with Crippen molar-refractivity contribution in [2.45, 2.75) is 31.7 Å². The predicted molar refractivity (Wildman–Crippen MR) is 169 cm³/mol. The largest absolute Gasteiger partial charge is 0.383 e. The lowest BCUT2D eigenvalue weighted by Crippen LogP contribution is -2.33. The van der Waals surface area contributed by atoms with Crippen LogP contribution in [0.25, 0.3) is 22.4 Å². The maximum atomic E-state index is 14.5. The first-order valence-electron chi connectivity index (χ1n) is 13.8. The van der Waals surface area contributed by atoms with E-state index in [1.165, 1.54) is 6.07 Å². The van der Waals surface area contributed by atoms with Gasteiger partial charge in [-0.05, 0) is 48.7 Å². The molecule has 1 aliphatic heterocycles. The number of hydrogen-bond acceptors (Lipinski definition) is 8. The second kappa shape index (κ2) is 11.2. The molecule has 0 unspecified atom stereocenters.